The summed E-state index contributed by atoms with van der Waals surface area (Å²) in [6.07, 6.45) is 1.96. The van der Waals surface area contributed by atoms with Crippen molar-refractivity contribution in [1.29, 1.82) is 0 Å². The van der Waals surface area contributed by atoms with Crippen LogP contribution in [0.3, 0.4) is 0 Å². The third-order valence-electron chi connectivity index (χ3n) is 7.68. The Labute approximate surface area is 213 Å². The largest absolute Gasteiger partial charge is 0.508 e. The first-order valence-electron chi connectivity index (χ1n) is 12.6. The molecule has 0 radical (unpaired) electrons. The number of anilines is 1. The molecular formula is C30H35NO5. The molecule has 2 unspecified atom stereocenters. The molecule has 0 bridgehead atoms. The predicted octanol–water partition coefficient (Wildman–Crippen LogP) is 5.54. The maximum atomic E-state index is 10.0. The van der Waals surface area contributed by atoms with Crippen molar-refractivity contribution in [1.82, 2.24) is 0 Å². The van der Waals surface area contributed by atoms with Crippen LogP contribution in [-0.4, -0.2) is 52.4 Å². The number of ether oxygens (including phenoxy) is 4. The van der Waals surface area contributed by atoms with Crippen LogP contribution in [0.15, 0.2) is 66.7 Å². The number of methoxy groups -OCH3 is 3. The van der Waals surface area contributed by atoms with Crippen LogP contribution in [0.25, 0.3) is 0 Å². The van der Waals surface area contributed by atoms with Crippen molar-refractivity contribution in [3.05, 3.63) is 83.4 Å². The summed E-state index contributed by atoms with van der Waals surface area (Å²) in [7, 11) is 5.13. The second-order valence-corrected chi connectivity index (χ2v) is 9.65. The minimum Gasteiger partial charge on any atom is -0.508 e. The molecule has 6 nitrogen and oxygen atoms in total. The highest BCUT2D eigenvalue weighted by Crippen LogP contribution is 2.47. The molecule has 0 aliphatic carbocycles. The number of nitrogens with zero attached hydrogens (tertiary/aromatic N) is 1. The lowest BCUT2D eigenvalue weighted by Crippen LogP contribution is -2.39. The molecule has 36 heavy (non-hydrogen) atoms. The molecule has 0 aromatic heterocycles. The standard InChI is InChI=1S/C30H35NO5/c1-33-25-6-4-5-22(17-25)27-19-36-28-18-24(32)11-12-26(28)29(27)20-7-9-23(10-8-20)31-15-13-21(14-16-31)30(34-2)35-3/h4-12,17-18,21,27,29-30,32H,13-16,19H2,1-3H3. The van der Waals surface area contributed by atoms with Crippen LogP contribution < -0.4 is 14.4 Å². The van der Waals surface area contributed by atoms with E-state index in [9.17, 15) is 5.11 Å². The van der Waals surface area contributed by atoms with E-state index in [2.05, 4.69) is 41.3 Å². The van der Waals surface area contributed by atoms with Crippen molar-refractivity contribution in [2.24, 2.45) is 5.92 Å². The molecule has 0 spiro atoms. The highest BCUT2D eigenvalue weighted by Gasteiger charge is 2.34. The van der Waals surface area contributed by atoms with E-state index in [1.165, 1.54) is 16.8 Å². The fourth-order valence-electron chi connectivity index (χ4n) is 5.77. The molecule has 1 saturated heterocycles. The molecule has 0 amide bonds. The number of hydrogen-bond acceptors (Lipinski definition) is 6. The normalized spacial score (nSPS) is 20.2. The summed E-state index contributed by atoms with van der Waals surface area (Å²) >= 11 is 0. The maximum absolute atomic E-state index is 10.0. The summed E-state index contributed by atoms with van der Waals surface area (Å²) in [5, 5.41) is 10.0. The van der Waals surface area contributed by atoms with Crippen molar-refractivity contribution in [3.8, 4) is 17.2 Å². The quantitative estimate of drug-likeness (QED) is 0.440. The Balaban J connectivity index is 1.41. The average Bonchev–Trinajstić information content (AvgIpc) is 2.93. The van der Waals surface area contributed by atoms with Crippen molar-refractivity contribution in [3.63, 3.8) is 0 Å². The zero-order chi connectivity index (χ0) is 25.1. The van der Waals surface area contributed by atoms with Crippen LogP contribution in [0.2, 0.25) is 0 Å². The summed E-state index contributed by atoms with van der Waals surface area (Å²) < 4.78 is 22.6. The Hall–Kier alpha value is -3.22. The number of rotatable bonds is 7. The smallest absolute Gasteiger partial charge is 0.159 e. The van der Waals surface area contributed by atoms with Crippen LogP contribution in [0.1, 0.15) is 41.4 Å². The van der Waals surface area contributed by atoms with E-state index in [4.69, 9.17) is 18.9 Å². The lowest BCUT2D eigenvalue weighted by molar-refractivity contribution is -0.141. The molecule has 3 aromatic carbocycles. The molecule has 0 saturated carbocycles. The van der Waals surface area contributed by atoms with Crippen LogP contribution >= 0.6 is 0 Å². The van der Waals surface area contributed by atoms with Gasteiger partial charge in [-0.1, -0.05) is 30.3 Å². The Morgan fingerprint density at radius 3 is 2.33 bits per heavy atom. The fourth-order valence-corrected chi connectivity index (χ4v) is 5.77. The molecule has 2 aliphatic rings. The Morgan fingerprint density at radius 1 is 0.889 bits per heavy atom. The summed E-state index contributed by atoms with van der Waals surface area (Å²) in [4.78, 5) is 2.44. The number of hydrogen-bond donors (Lipinski definition) is 1. The van der Waals surface area contributed by atoms with Gasteiger partial charge in [0.1, 0.15) is 17.2 Å². The summed E-state index contributed by atoms with van der Waals surface area (Å²) in [5.41, 5.74) is 4.73. The van der Waals surface area contributed by atoms with Crippen LogP contribution in [0.4, 0.5) is 5.69 Å². The lowest BCUT2D eigenvalue weighted by Gasteiger charge is -2.37. The summed E-state index contributed by atoms with van der Waals surface area (Å²) in [6.45, 7) is 2.50. The first-order chi connectivity index (χ1) is 17.6. The Bertz CT molecular complexity index is 1150. The first kappa shape index (κ1) is 24.5. The maximum Gasteiger partial charge on any atom is 0.159 e. The fraction of sp³-hybridized carbons (Fsp3) is 0.400. The van der Waals surface area contributed by atoms with Gasteiger partial charge in [-0.05, 0) is 54.3 Å². The van der Waals surface area contributed by atoms with Crippen LogP contribution in [-0.2, 0) is 9.47 Å². The minimum atomic E-state index is -0.129. The number of benzene rings is 3. The van der Waals surface area contributed by atoms with Gasteiger partial charge in [0.15, 0.2) is 6.29 Å². The van der Waals surface area contributed by atoms with Gasteiger partial charge in [-0.2, -0.15) is 0 Å². The Morgan fingerprint density at radius 2 is 1.64 bits per heavy atom. The van der Waals surface area contributed by atoms with E-state index in [0.29, 0.717) is 12.5 Å². The van der Waals surface area contributed by atoms with Crippen LogP contribution in [0, 0.1) is 5.92 Å². The van der Waals surface area contributed by atoms with Crippen molar-refractivity contribution in [2.45, 2.75) is 31.0 Å². The highest BCUT2D eigenvalue weighted by atomic mass is 16.7. The SMILES string of the molecule is COc1cccc(C2COc3cc(O)ccc3C2c2ccc(N3CCC(C(OC)OC)CC3)cc2)c1. The van der Waals surface area contributed by atoms with Crippen molar-refractivity contribution in [2.75, 3.05) is 45.9 Å². The van der Waals surface area contributed by atoms with Gasteiger partial charge in [-0.3, -0.25) is 0 Å². The van der Waals surface area contributed by atoms with E-state index >= 15 is 0 Å². The van der Waals surface area contributed by atoms with Gasteiger partial charge in [0.25, 0.3) is 0 Å². The van der Waals surface area contributed by atoms with E-state index in [0.717, 1.165) is 43.0 Å². The molecule has 1 N–H and O–H groups in total. The number of fused-ring (bicyclic) bond motifs is 1. The first-order valence-corrected chi connectivity index (χ1v) is 12.6. The van der Waals surface area contributed by atoms with E-state index < -0.39 is 0 Å². The molecule has 2 heterocycles. The monoisotopic (exact) mass is 489 g/mol. The molecule has 5 rings (SSSR count). The summed E-state index contributed by atoms with van der Waals surface area (Å²) in [5.74, 6) is 2.45. The van der Waals surface area contributed by atoms with Gasteiger partial charge in [-0.15, -0.1) is 0 Å². The lowest BCUT2D eigenvalue weighted by atomic mass is 9.76. The van der Waals surface area contributed by atoms with Crippen molar-refractivity contribution < 1.29 is 24.1 Å². The van der Waals surface area contributed by atoms with E-state index in [1.807, 2.05) is 18.2 Å². The predicted molar refractivity (Wildman–Crippen MR) is 140 cm³/mol. The van der Waals surface area contributed by atoms with Gasteiger partial charge in [0.05, 0.1) is 13.7 Å². The Kier molecular flexibility index (Phi) is 7.35. The molecule has 190 valence electrons. The average molecular weight is 490 g/mol. The molecule has 3 aromatic rings. The second kappa shape index (κ2) is 10.8. The molecule has 2 atom stereocenters. The van der Waals surface area contributed by atoms with Crippen molar-refractivity contribution >= 4 is 5.69 Å². The third kappa shape index (κ3) is 4.88. The van der Waals surface area contributed by atoms with Gasteiger partial charge in [0.2, 0.25) is 0 Å². The highest BCUT2D eigenvalue weighted by molar-refractivity contribution is 5.54. The van der Waals surface area contributed by atoms with Gasteiger partial charge in [0, 0.05) is 62.4 Å². The molecule has 1 fully saturated rings. The van der Waals surface area contributed by atoms with Crippen LogP contribution in [0.5, 0.6) is 17.2 Å². The molecule has 2 aliphatic heterocycles. The number of aromatic hydroxyl groups is 1. The molecular weight excluding hydrogens is 454 g/mol. The van der Waals surface area contributed by atoms with Gasteiger partial charge < -0.3 is 29.0 Å². The van der Waals surface area contributed by atoms with E-state index in [1.54, 1.807) is 33.5 Å². The van der Waals surface area contributed by atoms with Gasteiger partial charge >= 0.3 is 0 Å². The zero-order valence-corrected chi connectivity index (χ0v) is 21.2. The number of phenolic OH excluding ortho intramolecular Hbond substituents is 1. The minimum absolute atomic E-state index is 0.102. The third-order valence-corrected chi connectivity index (χ3v) is 7.68. The molecule has 6 heteroatoms. The number of piperidine rings is 1. The number of phenols is 1. The summed E-state index contributed by atoms with van der Waals surface area (Å²) in [6, 6.07) is 22.6. The topological polar surface area (TPSA) is 60.4 Å². The van der Waals surface area contributed by atoms with E-state index in [-0.39, 0.29) is 23.9 Å². The second-order valence-electron chi connectivity index (χ2n) is 9.65. The zero-order valence-electron chi connectivity index (χ0n) is 21.2. The van der Waals surface area contributed by atoms with Gasteiger partial charge in [-0.25, -0.2) is 0 Å².